The number of halogens is 1. The van der Waals surface area contributed by atoms with E-state index in [1.54, 1.807) is 0 Å². The van der Waals surface area contributed by atoms with Crippen LogP contribution in [-0.2, 0) is 14.8 Å². The molecule has 33 heavy (non-hydrogen) atoms. The molecule has 1 N–H and O–H groups in total. The highest BCUT2D eigenvalue weighted by Gasteiger charge is 2.29. The van der Waals surface area contributed by atoms with E-state index >= 15 is 0 Å². The molecule has 0 saturated carbocycles. The van der Waals surface area contributed by atoms with Gasteiger partial charge < -0.3 is 10.1 Å². The number of anilines is 1. The third kappa shape index (κ3) is 5.51. The van der Waals surface area contributed by atoms with Crippen LogP contribution in [0.15, 0.2) is 71.6 Å². The number of hydrogen-bond donors (Lipinski definition) is 1. The van der Waals surface area contributed by atoms with E-state index in [4.69, 9.17) is 4.74 Å². The Morgan fingerprint density at radius 2 is 1.73 bits per heavy atom. The first-order valence-corrected chi connectivity index (χ1v) is 11.9. The maximum Gasteiger partial charge on any atom is 0.264 e. The first kappa shape index (κ1) is 24.3. The lowest BCUT2D eigenvalue weighted by Gasteiger charge is -2.26. The Morgan fingerprint density at radius 1 is 1.06 bits per heavy atom. The van der Waals surface area contributed by atoms with Gasteiger partial charge in [0.25, 0.3) is 10.0 Å². The average molecular weight is 471 g/mol. The molecule has 1 unspecified atom stereocenters. The van der Waals surface area contributed by atoms with E-state index in [9.17, 15) is 17.6 Å². The third-order valence-corrected chi connectivity index (χ3v) is 7.10. The fourth-order valence-electron chi connectivity index (χ4n) is 3.64. The second kappa shape index (κ2) is 10.0. The van der Waals surface area contributed by atoms with Gasteiger partial charge in [0.05, 0.1) is 23.7 Å². The number of carbonyl (C=O) groups is 1. The van der Waals surface area contributed by atoms with Gasteiger partial charge in [-0.2, -0.15) is 0 Å². The van der Waals surface area contributed by atoms with E-state index < -0.39 is 28.3 Å². The molecule has 0 radical (unpaired) electrons. The maximum absolute atomic E-state index is 14.6. The molecule has 0 spiro atoms. The van der Waals surface area contributed by atoms with Gasteiger partial charge in [-0.1, -0.05) is 35.9 Å². The molecule has 0 heterocycles. The standard InChI is InChI=1S/C25H27FN2O4S/c1-17-9-14-22(18(2)15-17)19(3)27-25(29)16-28(24-8-6-5-7-23(24)26)33(30,31)21-12-10-20(32-4)11-13-21/h5-15,19H,16H2,1-4H3,(H,27,29). The van der Waals surface area contributed by atoms with Crippen molar-refractivity contribution >= 4 is 21.6 Å². The quantitative estimate of drug-likeness (QED) is 0.525. The predicted octanol–water partition coefficient (Wildman–Crippen LogP) is 4.52. The molecule has 3 aromatic rings. The van der Waals surface area contributed by atoms with Gasteiger partial charge in [0.2, 0.25) is 5.91 Å². The zero-order valence-corrected chi connectivity index (χ0v) is 19.8. The maximum atomic E-state index is 14.6. The minimum atomic E-state index is -4.23. The number of nitrogens with one attached hydrogen (secondary N) is 1. The fraction of sp³-hybridized carbons (Fsp3) is 0.240. The molecule has 0 aliphatic rings. The van der Waals surface area contributed by atoms with Crippen LogP contribution in [0.25, 0.3) is 0 Å². The smallest absolute Gasteiger partial charge is 0.264 e. The molecule has 1 atom stereocenters. The van der Waals surface area contributed by atoms with E-state index in [1.807, 2.05) is 39.0 Å². The molecule has 1 amide bonds. The molecule has 0 saturated heterocycles. The second-order valence-corrected chi connectivity index (χ2v) is 9.65. The minimum Gasteiger partial charge on any atom is -0.497 e. The lowest BCUT2D eigenvalue weighted by Crippen LogP contribution is -2.42. The van der Waals surface area contributed by atoms with E-state index in [1.165, 1.54) is 49.6 Å². The number of sulfonamides is 1. The Labute approximate surface area is 194 Å². The molecule has 6 nitrogen and oxygen atoms in total. The van der Waals surface area contributed by atoms with Gasteiger partial charge >= 0.3 is 0 Å². The monoisotopic (exact) mass is 470 g/mol. The van der Waals surface area contributed by atoms with Crippen LogP contribution in [0.4, 0.5) is 10.1 Å². The summed E-state index contributed by atoms with van der Waals surface area (Å²) in [5, 5.41) is 2.83. The molecule has 8 heteroatoms. The molecule has 0 aliphatic heterocycles. The van der Waals surface area contributed by atoms with E-state index in [0.29, 0.717) is 5.75 Å². The molecule has 0 aliphatic carbocycles. The first-order chi connectivity index (χ1) is 15.6. The summed E-state index contributed by atoms with van der Waals surface area (Å²) in [6.07, 6.45) is 0. The molecule has 0 bridgehead atoms. The second-order valence-electron chi connectivity index (χ2n) is 7.79. The number of amides is 1. The van der Waals surface area contributed by atoms with E-state index in [0.717, 1.165) is 27.1 Å². The first-order valence-electron chi connectivity index (χ1n) is 10.4. The highest BCUT2D eigenvalue weighted by Crippen LogP contribution is 2.27. The SMILES string of the molecule is COc1ccc(S(=O)(=O)N(CC(=O)NC(C)c2ccc(C)cc2C)c2ccccc2F)cc1. The summed E-state index contributed by atoms with van der Waals surface area (Å²) < 4.78 is 47.3. The van der Waals surface area contributed by atoms with Crippen molar-refractivity contribution in [1.82, 2.24) is 5.32 Å². The summed E-state index contributed by atoms with van der Waals surface area (Å²) in [5.74, 6) is -0.820. The zero-order chi connectivity index (χ0) is 24.2. The number of ether oxygens (including phenoxy) is 1. The number of carbonyl (C=O) groups excluding carboxylic acids is 1. The predicted molar refractivity (Wildman–Crippen MR) is 126 cm³/mol. The molecule has 0 fully saturated rings. The number of nitrogens with zero attached hydrogens (tertiary/aromatic N) is 1. The van der Waals surface area contributed by atoms with Crippen LogP contribution in [0.5, 0.6) is 5.75 Å². The van der Waals surface area contributed by atoms with Gasteiger partial charge in [-0.25, -0.2) is 12.8 Å². The summed E-state index contributed by atoms with van der Waals surface area (Å²) in [7, 11) is -2.77. The largest absolute Gasteiger partial charge is 0.497 e. The van der Waals surface area contributed by atoms with Gasteiger partial charge in [-0.3, -0.25) is 9.10 Å². The Balaban J connectivity index is 1.91. The number of hydrogen-bond acceptors (Lipinski definition) is 4. The van der Waals surface area contributed by atoms with Crippen LogP contribution in [0.2, 0.25) is 0 Å². The Kier molecular flexibility index (Phi) is 7.38. The number of aryl methyl sites for hydroxylation is 2. The number of para-hydroxylation sites is 1. The third-order valence-electron chi connectivity index (χ3n) is 5.33. The van der Waals surface area contributed by atoms with Gasteiger partial charge in [-0.15, -0.1) is 0 Å². The van der Waals surface area contributed by atoms with Crippen LogP contribution in [0.3, 0.4) is 0 Å². The summed E-state index contributed by atoms with van der Waals surface area (Å²) in [5.41, 5.74) is 2.83. The van der Waals surface area contributed by atoms with Crippen molar-refractivity contribution < 1.29 is 22.3 Å². The number of rotatable bonds is 8. The summed E-state index contributed by atoms with van der Waals surface area (Å²) in [4.78, 5) is 12.8. The minimum absolute atomic E-state index is 0.0817. The Morgan fingerprint density at radius 3 is 2.33 bits per heavy atom. The molecule has 0 aromatic heterocycles. The molecule has 3 rings (SSSR count). The highest BCUT2D eigenvalue weighted by molar-refractivity contribution is 7.92. The van der Waals surface area contributed by atoms with Crippen LogP contribution in [0.1, 0.15) is 29.7 Å². The fourth-order valence-corrected chi connectivity index (χ4v) is 5.06. The molecular formula is C25H27FN2O4S. The molecule has 3 aromatic carbocycles. The van der Waals surface area contributed by atoms with Crippen LogP contribution in [-0.4, -0.2) is 28.0 Å². The lowest BCUT2D eigenvalue weighted by molar-refractivity contribution is -0.120. The van der Waals surface area contributed by atoms with Crippen molar-refractivity contribution in [2.24, 2.45) is 0 Å². The van der Waals surface area contributed by atoms with Crippen molar-refractivity contribution in [3.63, 3.8) is 0 Å². The van der Waals surface area contributed by atoms with Gasteiger partial charge in [0.15, 0.2) is 0 Å². The highest BCUT2D eigenvalue weighted by atomic mass is 32.2. The summed E-state index contributed by atoms with van der Waals surface area (Å²) >= 11 is 0. The number of methoxy groups -OCH3 is 1. The number of benzene rings is 3. The van der Waals surface area contributed by atoms with E-state index in [2.05, 4.69) is 5.32 Å². The van der Waals surface area contributed by atoms with Crippen molar-refractivity contribution in [1.29, 1.82) is 0 Å². The van der Waals surface area contributed by atoms with Crippen molar-refractivity contribution in [3.8, 4) is 5.75 Å². The Bertz CT molecular complexity index is 1240. The lowest BCUT2D eigenvalue weighted by atomic mass is 10.0. The van der Waals surface area contributed by atoms with Crippen LogP contribution < -0.4 is 14.4 Å². The van der Waals surface area contributed by atoms with Crippen LogP contribution in [0, 0.1) is 19.7 Å². The molecule has 174 valence electrons. The van der Waals surface area contributed by atoms with Crippen molar-refractivity contribution in [2.45, 2.75) is 31.7 Å². The van der Waals surface area contributed by atoms with Gasteiger partial charge in [0, 0.05) is 0 Å². The van der Waals surface area contributed by atoms with Crippen molar-refractivity contribution in [3.05, 3.63) is 89.2 Å². The van der Waals surface area contributed by atoms with Crippen molar-refractivity contribution in [2.75, 3.05) is 18.0 Å². The average Bonchev–Trinajstić information content (AvgIpc) is 2.78. The molecular weight excluding hydrogens is 443 g/mol. The van der Waals surface area contributed by atoms with Gasteiger partial charge in [0.1, 0.15) is 18.1 Å². The topological polar surface area (TPSA) is 75.7 Å². The van der Waals surface area contributed by atoms with Gasteiger partial charge in [-0.05, 0) is 68.3 Å². The normalized spacial score (nSPS) is 12.2. The van der Waals surface area contributed by atoms with E-state index in [-0.39, 0.29) is 16.6 Å². The zero-order valence-electron chi connectivity index (χ0n) is 19.0. The van der Waals surface area contributed by atoms with Crippen LogP contribution >= 0.6 is 0 Å². The summed E-state index contributed by atoms with van der Waals surface area (Å²) in [6.45, 7) is 5.17. The Hall–Kier alpha value is -3.39. The summed E-state index contributed by atoms with van der Waals surface area (Å²) in [6, 6.07) is 16.7.